The lowest BCUT2D eigenvalue weighted by atomic mass is 9.63. The topological polar surface area (TPSA) is 89.5 Å². The third-order valence-electron chi connectivity index (χ3n) is 5.30. The van der Waals surface area contributed by atoms with Crippen molar-refractivity contribution in [3.8, 4) is 0 Å². The highest BCUT2D eigenvalue weighted by atomic mass is 35.5. The van der Waals surface area contributed by atoms with Crippen LogP contribution in [0.4, 0.5) is 0 Å². The fourth-order valence-electron chi connectivity index (χ4n) is 4.19. The Morgan fingerprint density at radius 2 is 1.86 bits per heavy atom. The quantitative estimate of drug-likeness (QED) is 0.616. The number of hydrogen-bond acceptors (Lipinski definition) is 5. The first kappa shape index (κ1) is 20.5. The highest BCUT2D eigenvalue weighted by molar-refractivity contribution is 6.33. The summed E-state index contributed by atoms with van der Waals surface area (Å²) in [6.07, 6.45) is 2.91. The molecular weight excluding hydrogens is 382 g/mol. The van der Waals surface area contributed by atoms with Gasteiger partial charge in [-0.2, -0.15) is 0 Å². The van der Waals surface area contributed by atoms with Crippen LogP contribution in [0.1, 0.15) is 62.4 Å². The van der Waals surface area contributed by atoms with Gasteiger partial charge in [-0.05, 0) is 51.3 Å². The van der Waals surface area contributed by atoms with Gasteiger partial charge in [0.2, 0.25) is 5.91 Å². The predicted molar refractivity (Wildman–Crippen MR) is 103 cm³/mol. The van der Waals surface area contributed by atoms with Gasteiger partial charge in [-0.1, -0.05) is 30.5 Å². The summed E-state index contributed by atoms with van der Waals surface area (Å²) in [6.45, 7) is 4.74. The van der Waals surface area contributed by atoms with E-state index in [0.717, 1.165) is 12.8 Å². The van der Waals surface area contributed by atoms with Crippen LogP contribution in [0.15, 0.2) is 18.2 Å². The molecule has 1 N–H and O–H groups in total. The summed E-state index contributed by atoms with van der Waals surface area (Å²) in [4.78, 5) is 50.9. The second kappa shape index (κ2) is 7.32. The van der Waals surface area contributed by atoms with Gasteiger partial charge in [0.05, 0.1) is 5.41 Å². The maximum absolute atomic E-state index is 13.3. The van der Waals surface area contributed by atoms with Crippen LogP contribution in [0.25, 0.3) is 0 Å². The molecule has 6 nitrogen and oxygen atoms in total. The summed E-state index contributed by atoms with van der Waals surface area (Å²) in [5.41, 5.74) is -0.532. The van der Waals surface area contributed by atoms with E-state index < -0.39 is 41.1 Å². The maximum Gasteiger partial charge on any atom is 0.325 e. The molecule has 0 bridgehead atoms. The summed E-state index contributed by atoms with van der Waals surface area (Å²) < 4.78 is 5.15. The molecule has 1 atom stereocenters. The number of hydrogen-bond donors (Lipinski definition) is 1. The van der Waals surface area contributed by atoms with Crippen LogP contribution >= 0.6 is 11.6 Å². The molecule has 0 saturated heterocycles. The van der Waals surface area contributed by atoms with Gasteiger partial charge in [0, 0.05) is 10.6 Å². The molecule has 1 spiro atoms. The highest BCUT2D eigenvalue weighted by Gasteiger charge is 2.55. The molecule has 1 amide bonds. The van der Waals surface area contributed by atoms with Gasteiger partial charge in [0.1, 0.15) is 12.1 Å². The first-order valence-corrected chi connectivity index (χ1v) is 9.81. The Morgan fingerprint density at radius 1 is 1.21 bits per heavy atom. The molecule has 3 rings (SSSR count). The average molecular weight is 406 g/mol. The number of benzene rings is 1. The molecular formula is C21H24ClNO5. The Kier molecular flexibility index (Phi) is 5.36. The van der Waals surface area contributed by atoms with Crippen molar-refractivity contribution in [3.63, 3.8) is 0 Å². The monoisotopic (exact) mass is 405 g/mol. The SMILES string of the molecule is CC(C)(C)OC(=O)CNC(=O)C1C(=O)c2cc(Cl)ccc2C2(CCCC2)C1=O. The van der Waals surface area contributed by atoms with E-state index in [2.05, 4.69) is 5.32 Å². The third kappa shape index (κ3) is 3.70. The van der Waals surface area contributed by atoms with Gasteiger partial charge in [0.15, 0.2) is 17.5 Å². The molecule has 0 aromatic heterocycles. The first-order chi connectivity index (χ1) is 13.0. The number of carbonyl (C=O) groups excluding carboxylic acids is 4. The number of amides is 1. The van der Waals surface area contributed by atoms with E-state index in [1.807, 2.05) is 0 Å². The van der Waals surface area contributed by atoms with Crippen LogP contribution in [0.2, 0.25) is 5.02 Å². The molecule has 1 aromatic carbocycles. The van der Waals surface area contributed by atoms with Crippen LogP contribution in [0.5, 0.6) is 0 Å². The molecule has 150 valence electrons. The summed E-state index contributed by atoms with van der Waals surface area (Å²) in [6, 6.07) is 4.93. The van der Waals surface area contributed by atoms with Crippen molar-refractivity contribution in [2.45, 2.75) is 57.5 Å². The van der Waals surface area contributed by atoms with Crippen LogP contribution in [0.3, 0.4) is 0 Å². The Morgan fingerprint density at radius 3 is 2.46 bits per heavy atom. The number of nitrogens with one attached hydrogen (secondary N) is 1. The number of carbonyl (C=O) groups is 4. The molecule has 2 aliphatic rings. The second-order valence-electron chi connectivity index (χ2n) is 8.44. The lowest BCUT2D eigenvalue weighted by molar-refractivity contribution is -0.155. The van der Waals surface area contributed by atoms with E-state index in [0.29, 0.717) is 29.0 Å². The number of ketones is 2. The molecule has 0 aliphatic heterocycles. The van der Waals surface area contributed by atoms with Gasteiger partial charge in [-0.3, -0.25) is 19.2 Å². The standard InChI is InChI=1S/C21H24ClNO5/c1-20(2,3)28-15(24)11-23-19(27)16-17(25)13-10-12(22)6-7-14(13)21(18(16)26)8-4-5-9-21/h6-7,10,16H,4-5,8-9,11H2,1-3H3,(H,23,27). The van der Waals surface area contributed by atoms with Gasteiger partial charge in [-0.15, -0.1) is 0 Å². The lowest BCUT2D eigenvalue weighted by Gasteiger charge is -2.37. The van der Waals surface area contributed by atoms with Gasteiger partial charge in [0.25, 0.3) is 0 Å². The van der Waals surface area contributed by atoms with Gasteiger partial charge < -0.3 is 10.1 Å². The third-order valence-corrected chi connectivity index (χ3v) is 5.54. The van der Waals surface area contributed by atoms with E-state index in [4.69, 9.17) is 16.3 Å². The summed E-state index contributed by atoms with van der Waals surface area (Å²) in [7, 11) is 0. The van der Waals surface area contributed by atoms with E-state index in [1.165, 1.54) is 6.07 Å². The number of esters is 1. The fourth-order valence-corrected chi connectivity index (χ4v) is 4.36. The molecule has 7 heteroatoms. The van der Waals surface area contributed by atoms with Crippen molar-refractivity contribution in [3.05, 3.63) is 34.3 Å². The van der Waals surface area contributed by atoms with Crippen molar-refractivity contribution in [1.82, 2.24) is 5.32 Å². The highest BCUT2D eigenvalue weighted by Crippen LogP contribution is 2.48. The summed E-state index contributed by atoms with van der Waals surface area (Å²) >= 11 is 6.07. The number of ether oxygens (including phenoxy) is 1. The van der Waals surface area contributed by atoms with E-state index in [-0.39, 0.29) is 5.78 Å². The normalized spacial score (nSPS) is 20.8. The minimum absolute atomic E-state index is 0.325. The van der Waals surface area contributed by atoms with E-state index in [9.17, 15) is 19.2 Å². The molecule has 1 saturated carbocycles. The molecule has 1 fully saturated rings. The van der Waals surface area contributed by atoms with Crippen LogP contribution in [0, 0.1) is 5.92 Å². The van der Waals surface area contributed by atoms with Crippen molar-refractivity contribution in [1.29, 1.82) is 0 Å². The zero-order valence-electron chi connectivity index (χ0n) is 16.3. The van der Waals surface area contributed by atoms with Crippen LogP contribution < -0.4 is 5.32 Å². The fraction of sp³-hybridized carbons (Fsp3) is 0.524. The first-order valence-electron chi connectivity index (χ1n) is 9.43. The van der Waals surface area contributed by atoms with Crippen molar-refractivity contribution in [2.24, 2.45) is 5.92 Å². The predicted octanol–water partition coefficient (Wildman–Crippen LogP) is 2.99. The Bertz CT molecular complexity index is 849. The Hall–Kier alpha value is -2.21. The zero-order valence-corrected chi connectivity index (χ0v) is 17.0. The number of halogens is 1. The number of Topliss-reactive ketones (excluding diaryl/α,β-unsaturated/α-hetero) is 2. The van der Waals surface area contributed by atoms with Crippen molar-refractivity contribution in [2.75, 3.05) is 6.54 Å². The largest absolute Gasteiger partial charge is 0.459 e. The average Bonchev–Trinajstić information content (AvgIpc) is 3.08. The maximum atomic E-state index is 13.3. The van der Waals surface area contributed by atoms with Crippen molar-refractivity contribution < 1.29 is 23.9 Å². The minimum atomic E-state index is -1.47. The zero-order chi connectivity index (χ0) is 20.7. The molecule has 1 unspecified atom stereocenters. The molecule has 1 aromatic rings. The molecule has 2 aliphatic carbocycles. The Balaban J connectivity index is 1.87. The van der Waals surface area contributed by atoms with E-state index in [1.54, 1.807) is 32.9 Å². The van der Waals surface area contributed by atoms with E-state index >= 15 is 0 Å². The molecule has 28 heavy (non-hydrogen) atoms. The summed E-state index contributed by atoms with van der Waals surface area (Å²) in [5.74, 6) is -3.81. The van der Waals surface area contributed by atoms with Gasteiger partial charge in [-0.25, -0.2) is 0 Å². The molecule has 0 heterocycles. The smallest absolute Gasteiger partial charge is 0.325 e. The van der Waals surface area contributed by atoms with Crippen LogP contribution in [-0.2, 0) is 24.5 Å². The molecule has 0 radical (unpaired) electrons. The van der Waals surface area contributed by atoms with Gasteiger partial charge >= 0.3 is 5.97 Å². The second-order valence-corrected chi connectivity index (χ2v) is 8.88. The summed E-state index contributed by atoms with van der Waals surface area (Å²) in [5, 5.41) is 2.78. The minimum Gasteiger partial charge on any atom is -0.459 e. The Labute approximate surface area is 169 Å². The van der Waals surface area contributed by atoms with Crippen molar-refractivity contribution >= 4 is 35.0 Å². The number of fused-ring (bicyclic) bond motifs is 2. The number of rotatable bonds is 3. The van der Waals surface area contributed by atoms with Crippen LogP contribution in [-0.4, -0.2) is 35.6 Å². The lowest BCUT2D eigenvalue weighted by Crippen LogP contribution is -2.53.